The van der Waals surface area contributed by atoms with Crippen LogP contribution in [0.2, 0.25) is 0 Å². The van der Waals surface area contributed by atoms with Gasteiger partial charge < -0.3 is 19.8 Å². The van der Waals surface area contributed by atoms with Crippen LogP contribution in [0.15, 0.2) is 27.8 Å². The molecule has 1 aliphatic heterocycles. The van der Waals surface area contributed by atoms with Crippen LogP contribution in [-0.2, 0) is 9.53 Å². The van der Waals surface area contributed by atoms with Crippen molar-refractivity contribution in [1.82, 2.24) is 15.5 Å². The van der Waals surface area contributed by atoms with E-state index in [1.54, 1.807) is 13.0 Å². The molecule has 28 heavy (non-hydrogen) atoms. The van der Waals surface area contributed by atoms with Gasteiger partial charge in [0.25, 0.3) is 0 Å². The van der Waals surface area contributed by atoms with Crippen LogP contribution in [0, 0.1) is 6.92 Å². The molecule has 1 unspecified atom stereocenters. The summed E-state index contributed by atoms with van der Waals surface area (Å²) in [4.78, 5) is 27.4. The highest BCUT2D eigenvalue weighted by atomic mass is 16.5. The maximum Gasteiger partial charge on any atom is 0.338 e. The molecule has 1 saturated carbocycles. The molecule has 3 rings (SSSR count). The summed E-state index contributed by atoms with van der Waals surface area (Å²) in [5.74, 6) is 0.825. The molecule has 1 aromatic rings. The zero-order valence-electron chi connectivity index (χ0n) is 17.0. The first-order valence-electron chi connectivity index (χ1n) is 10.2. The number of esters is 1. The van der Waals surface area contributed by atoms with Gasteiger partial charge in [0.1, 0.15) is 17.6 Å². The van der Waals surface area contributed by atoms with Crippen molar-refractivity contribution >= 4 is 12.0 Å². The molecule has 7 heteroatoms. The molecular weight excluding hydrogens is 358 g/mol. The molecule has 1 fully saturated rings. The van der Waals surface area contributed by atoms with Crippen molar-refractivity contribution in [2.45, 2.75) is 64.5 Å². The van der Waals surface area contributed by atoms with Gasteiger partial charge in [-0.15, -0.1) is 0 Å². The number of aryl methyl sites for hydroxylation is 1. The van der Waals surface area contributed by atoms with E-state index in [9.17, 15) is 9.59 Å². The number of likely N-dealkylation sites (N-methyl/N-ethyl adjacent to an activating group) is 1. The van der Waals surface area contributed by atoms with Crippen molar-refractivity contribution in [3.8, 4) is 0 Å². The lowest BCUT2D eigenvalue weighted by molar-refractivity contribution is -0.139. The van der Waals surface area contributed by atoms with Crippen LogP contribution < -0.4 is 10.6 Å². The fraction of sp³-hybridized carbons (Fsp3) is 0.619. The monoisotopic (exact) mass is 389 g/mol. The summed E-state index contributed by atoms with van der Waals surface area (Å²) in [6.07, 6.45) is 7.29. The van der Waals surface area contributed by atoms with Gasteiger partial charge in [0.2, 0.25) is 0 Å². The van der Waals surface area contributed by atoms with Crippen molar-refractivity contribution in [2.75, 3.05) is 20.2 Å². The van der Waals surface area contributed by atoms with E-state index in [1.165, 1.54) is 25.7 Å². The first-order chi connectivity index (χ1) is 13.5. The van der Waals surface area contributed by atoms with Gasteiger partial charge in [-0.3, -0.25) is 4.90 Å². The Hall–Kier alpha value is -2.28. The number of nitrogens with zero attached hydrogens (tertiary/aromatic N) is 1. The van der Waals surface area contributed by atoms with Crippen molar-refractivity contribution in [2.24, 2.45) is 0 Å². The van der Waals surface area contributed by atoms with Gasteiger partial charge in [0.05, 0.1) is 12.2 Å². The number of furan rings is 1. The van der Waals surface area contributed by atoms with Crippen molar-refractivity contribution < 1.29 is 18.7 Å². The minimum atomic E-state index is -0.654. The van der Waals surface area contributed by atoms with Crippen molar-refractivity contribution in [3.05, 3.63) is 34.9 Å². The fourth-order valence-corrected chi connectivity index (χ4v) is 4.09. The van der Waals surface area contributed by atoms with E-state index < -0.39 is 12.0 Å². The highest BCUT2D eigenvalue weighted by Gasteiger charge is 2.36. The minimum absolute atomic E-state index is 0.270. The second-order valence-electron chi connectivity index (χ2n) is 7.65. The molecule has 2 N–H and O–H groups in total. The van der Waals surface area contributed by atoms with Crippen LogP contribution in [0.3, 0.4) is 0 Å². The van der Waals surface area contributed by atoms with Gasteiger partial charge in [-0.25, -0.2) is 9.59 Å². The number of rotatable bonds is 6. The number of hydrogen-bond acceptors (Lipinski definition) is 5. The van der Waals surface area contributed by atoms with E-state index in [2.05, 4.69) is 22.6 Å². The minimum Gasteiger partial charge on any atom is -0.464 e. The Labute approximate surface area is 166 Å². The summed E-state index contributed by atoms with van der Waals surface area (Å²) in [7, 11) is 2.06. The Morgan fingerprint density at radius 1 is 1.25 bits per heavy atom. The Balaban J connectivity index is 1.91. The molecule has 2 amide bonds. The predicted molar refractivity (Wildman–Crippen MR) is 106 cm³/mol. The largest absolute Gasteiger partial charge is 0.464 e. The van der Waals surface area contributed by atoms with Crippen LogP contribution in [0.25, 0.3) is 0 Å². The Morgan fingerprint density at radius 3 is 2.57 bits per heavy atom. The number of carbonyl (C=O) groups is 2. The van der Waals surface area contributed by atoms with Gasteiger partial charge in [0, 0.05) is 18.3 Å². The van der Waals surface area contributed by atoms with E-state index in [1.807, 2.05) is 13.0 Å². The molecule has 7 nitrogen and oxygen atoms in total. The van der Waals surface area contributed by atoms with Crippen molar-refractivity contribution in [1.29, 1.82) is 0 Å². The zero-order chi connectivity index (χ0) is 20.1. The van der Waals surface area contributed by atoms with Gasteiger partial charge in [0.15, 0.2) is 0 Å². The Bertz CT molecular complexity index is 732. The second kappa shape index (κ2) is 9.28. The molecule has 154 valence electrons. The van der Waals surface area contributed by atoms with Crippen LogP contribution >= 0.6 is 0 Å². The van der Waals surface area contributed by atoms with Gasteiger partial charge in [-0.1, -0.05) is 25.7 Å². The third-order valence-corrected chi connectivity index (χ3v) is 5.55. The van der Waals surface area contributed by atoms with Crippen molar-refractivity contribution in [3.63, 3.8) is 0 Å². The van der Waals surface area contributed by atoms with Gasteiger partial charge in [-0.2, -0.15) is 0 Å². The van der Waals surface area contributed by atoms with Crippen LogP contribution in [-0.4, -0.2) is 43.1 Å². The van der Waals surface area contributed by atoms with Gasteiger partial charge >= 0.3 is 12.0 Å². The van der Waals surface area contributed by atoms with E-state index in [4.69, 9.17) is 9.15 Å². The SMILES string of the molecule is CCOC(=O)C1=C(CN(C)C2CCCCCC2)NC(=O)NC1c1ccc(C)o1. The smallest absolute Gasteiger partial charge is 0.338 e. The highest BCUT2D eigenvalue weighted by Crippen LogP contribution is 2.30. The Kier molecular flexibility index (Phi) is 6.78. The fourth-order valence-electron chi connectivity index (χ4n) is 4.09. The lowest BCUT2D eigenvalue weighted by Crippen LogP contribution is -2.49. The molecule has 0 spiro atoms. The number of amides is 2. The topological polar surface area (TPSA) is 83.8 Å². The van der Waals surface area contributed by atoms with E-state index in [-0.39, 0.29) is 12.6 Å². The predicted octanol–water partition coefficient (Wildman–Crippen LogP) is 3.41. The first kappa shape index (κ1) is 20.5. The maximum absolute atomic E-state index is 12.8. The summed E-state index contributed by atoms with van der Waals surface area (Å²) in [6.45, 7) is 4.37. The molecule has 0 aromatic carbocycles. The molecule has 0 bridgehead atoms. The first-order valence-corrected chi connectivity index (χ1v) is 10.2. The lowest BCUT2D eigenvalue weighted by atomic mass is 9.99. The summed E-state index contributed by atoms with van der Waals surface area (Å²) in [6, 6.07) is 3.08. The van der Waals surface area contributed by atoms with E-state index in [0.717, 1.165) is 18.6 Å². The number of ether oxygens (including phenoxy) is 1. The standard InChI is InChI=1S/C21H31N3O4/c1-4-27-20(25)18-16(13-24(3)15-9-7-5-6-8-10-15)22-21(26)23-19(18)17-12-11-14(2)28-17/h11-12,15,19H,4-10,13H2,1-3H3,(H2,22,23,26). The number of nitrogens with one attached hydrogen (secondary N) is 2. The average molecular weight is 389 g/mol. The lowest BCUT2D eigenvalue weighted by Gasteiger charge is -2.32. The molecule has 0 saturated heterocycles. The van der Waals surface area contributed by atoms with Gasteiger partial charge in [-0.05, 0) is 45.9 Å². The normalized spacial score (nSPS) is 21.3. The number of carbonyl (C=O) groups excluding carboxylic acids is 2. The molecule has 1 atom stereocenters. The number of urea groups is 1. The zero-order valence-corrected chi connectivity index (χ0v) is 17.0. The third kappa shape index (κ3) is 4.76. The highest BCUT2D eigenvalue weighted by molar-refractivity contribution is 5.95. The molecule has 2 heterocycles. The summed E-state index contributed by atoms with van der Waals surface area (Å²) >= 11 is 0. The molecule has 2 aliphatic rings. The maximum atomic E-state index is 12.8. The quantitative estimate of drug-likeness (QED) is 0.575. The van der Waals surface area contributed by atoms with E-state index in [0.29, 0.717) is 29.6 Å². The van der Waals surface area contributed by atoms with Crippen LogP contribution in [0.1, 0.15) is 63.0 Å². The molecule has 1 aromatic heterocycles. The second-order valence-corrected chi connectivity index (χ2v) is 7.65. The van der Waals surface area contributed by atoms with Crippen LogP contribution in [0.4, 0.5) is 4.79 Å². The molecule has 0 radical (unpaired) electrons. The van der Waals surface area contributed by atoms with E-state index >= 15 is 0 Å². The summed E-state index contributed by atoms with van der Waals surface area (Å²) in [5, 5.41) is 5.65. The molecular formula is C21H31N3O4. The summed E-state index contributed by atoms with van der Waals surface area (Å²) in [5.41, 5.74) is 1.00. The molecule has 1 aliphatic carbocycles. The van der Waals surface area contributed by atoms with Crippen LogP contribution in [0.5, 0.6) is 0 Å². The Morgan fingerprint density at radius 2 is 1.96 bits per heavy atom. The summed E-state index contributed by atoms with van der Waals surface area (Å²) < 4.78 is 11.0. The third-order valence-electron chi connectivity index (χ3n) is 5.55. The average Bonchev–Trinajstić information content (AvgIpc) is 2.91. The number of hydrogen-bond donors (Lipinski definition) is 2.